The Labute approximate surface area is 162 Å². The van der Waals surface area contributed by atoms with Crippen molar-refractivity contribution in [3.8, 4) is 11.3 Å². The zero-order chi connectivity index (χ0) is 18.8. The smallest absolute Gasteiger partial charge is 0.125 e. The molecule has 3 nitrogen and oxygen atoms in total. The van der Waals surface area contributed by atoms with Gasteiger partial charge in [-0.1, -0.05) is 67.8 Å². The van der Waals surface area contributed by atoms with Gasteiger partial charge in [-0.3, -0.25) is 4.90 Å². The van der Waals surface area contributed by atoms with E-state index in [-0.39, 0.29) is 0 Å². The van der Waals surface area contributed by atoms with Crippen LogP contribution in [0.3, 0.4) is 0 Å². The highest BCUT2D eigenvalue weighted by Gasteiger charge is 2.27. The Balaban J connectivity index is 1.96. The second kappa shape index (κ2) is 7.87. The fraction of sp³-hybridized carbons (Fsp3) is 0.417. The first-order chi connectivity index (χ1) is 13.2. The van der Waals surface area contributed by atoms with Crippen molar-refractivity contribution in [1.82, 2.24) is 9.47 Å². The summed E-state index contributed by atoms with van der Waals surface area (Å²) in [6.07, 6.45) is 6.02. The molecular weight excluding hydrogens is 332 g/mol. The number of para-hydroxylation sites is 1. The van der Waals surface area contributed by atoms with Gasteiger partial charge in [-0.2, -0.15) is 0 Å². The van der Waals surface area contributed by atoms with Crippen molar-refractivity contribution in [3.63, 3.8) is 0 Å². The molecule has 1 aromatic heterocycles. The van der Waals surface area contributed by atoms with Gasteiger partial charge in [0, 0.05) is 10.9 Å². The lowest BCUT2D eigenvalue weighted by Gasteiger charge is -2.25. The fourth-order valence-corrected chi connectivity index (χ4v) is 4.56. The molecule has 4 rings (SSSR count). The van der Waals surface area contributed by atoms with Gasteiger partial charge in [0.25, 0.3) is 0 Å². The van der Waals surface area contributed by atoms with E-state index in [4.69, 9.17) is 0 Å². The molecule has 3 heteroatoms. The second-order valence-electron chi connectivity index (χ2n) is 8.04. The van der Waals surface area contributed by atoms with Crippen molar-refractivity contribution in [2.45, 2.75) is 50.8 Å². The molecule has 1 aliphatic carbocycles. The molecule has 1 atom stereocenters. The normalized spacial score (nSPS) is 16.9. The van der Waals surface area contributed by atoms with E-state index in [1.807, 2.05) is 19.0 Å². The Morgan fingerprint density at radius 2 is 1.63 bits per heavy atom. The predicted molar refractivity (Wildman–Crippen MR) is 113 cm³/mol. The van der Waals surface area contributed by atoms with E-state index in [1.54, 1.807) is 0 Å². The van der Waals surface area contributed by atoms with Crippen LogP contribution in [-0.2, 0) is 6.54 Å². The van der Waals surface area contributed by atoms with E-state index in [1.165, 1.54) is 59.8 Å². The summed E-state index contributed by atoms with van der Waals surface area (Å²) < 4.78 is 2.35. The minimum Gasteiger partial charge on any atom is -0.376 e. The molecule has 1 heterocycles. The molecule has 27 heavy (non-hydrogen) atoms. The molecule has 0 amide bonds. The summed E-state index contributed by atoms with van der Waals surface area (Å²) in [5, 5.41) is 12.0. The van der Waals surface area contributed by atoms with E-state index in [2.05, 4.69) is 59.2 Å². The lowest BCUT2D eigenvalue weighted by Crippen LogP contribution is -2.32. The number of likely N-dealkylation sites (N-methyl/N-ethyl adjacent to an activating group) is 1. The number of fused-ring (bicyclic) bond motifs is 1. The Kier molecular flexibility index (Phi) is 5.33. The first-order valence-electron chi connectivity index (χ1n) is 10.2. The highest BCUT2D eigenvalue weighted by molar-refractivity contribution is 5.92. The summed E-state index contributed by atoms with van der Waals surface area (Å²) in [5.74, 6) is 0.608. The summed E-state index contributed by atoms with van der Waals surface area (Å²) in [6, 6.07) is 19.5. The Morgan fingerprint density at radius 3 is 2.33 bits per heavy atom. The highest BCUT2D eigenvalue weighted by Crippen LogP contribution is 2.44. The number of aliphatic hydroxyl groups excluding tert-OH is 1. The number of aromatic nitrogens is 1. The molecular formula is C24H30N2O. The molecule has 1 aliphatic rings. The van der Waals surface area contributed by atoms with Crippen molar-refractivity contribution in [3.05, 3.63) is 60.2 Å². The topological polar surface area (TPSA) is 28.4 Å². The van der Waals surface area contributed by atoms with Crippen LogP contribution in [0, 0.1) is 0 Å². The SMILES string of the molecule is CN(C)C(O)Cn1c(-c2ccccc2)c(C2CCCCC2)c2ccccc21. The van der Waals surface area contributed by atoms with E-state index in [0.29, 0.717) is 12.5 Å². The highest BCUT2D eigenvalue weighted by atomic mass is 16.3. The molecule has 1 fully saturated rings. The number of nitrogens with zero attached hydrogens (tertiary/aromatic N) is 2. The van der Waals surface area contributed by atoms with Crippen LogP contribution in [0.5, 0.6) is 0 Å². The number of aliphatic hydroxyl groups is 1. The summed E-state index contributed by atoms with van der Waals surface area (Å²) in [7, 11) is 3.86. The van der Waals surface area contributed by atoms with Crippen LogP contribution in [0.2, 0.25) is 0 Å². The zero-order valence-corrected chi connectivity index (χ0v) is 16.4. The van der Waals surface area contributed by atoms with E-state index >= 15 is 0 Å². The van der Waals surface area contributed by atoms with Gasteiger partial charge in [-0.15, -0.1) is 0 Å². The fourth-order valence-electron chi connectivity index (χ4n) is 4.56. The molecule has 3 aromatic rings. The second-order valence-corrected chi connectivity index (χ2v) is 8.04. The summed E-state index contributed by atoms with van der Waals surface area (Å²) in [5.41, 5.74) is 5.27. The maximum Gasteiger partial charge on any atom is 0.125 e. The number of hydrogen-bond acceptors (Lipinski definition) is 2. The number of hydrogen-bond donors (Lipinski definition) is 1. The molecule has 1 saturated carbocycles. The average Bonchev–Trinajstić information content (AvgIpc) is 3.03. The molecule has 0 radical (unpaired) electrons. The Morgan fingerprint density at radius 1 is 0.963 bits per heavy atom. The number of rotatable bonds is 5. The van der Waals surface area contributed by atoms with Gasteiger partial charge in [0.2, 0.25) is 0 Å². The Hall–Kier alpha value is -2.10. The third-order valence-corrected chi connectivity index (χ3v) is 6.01. The lowest BCUT2D eigenvalue weighted by molar-refractivity contribution is 0.0273. The minimum absolute atomic E-state index is 0.512. The monoisotopic (exact) mass is 362 g/mol. The summed E-state index contributed by atoms with van der Waals surface area (Å²) >= 11 is 0. The molecule has 1 N–H and O–H groups in total. The summed E-state index contributed by atoms with van der Waals surface area (Å²) in [6.45, 7) is 0.574. The van der Waals surface area contributed by atoms with Crippen molar-refractivity contribution in [2.24, 2.45) is 0 Å². The average molecular weight is 363 g/mol. The van der Waals surface area contributed by atoms with Crippen LogP contribution in [0.15, 0.2) is 54.6 Å². The van der Waals surface area contributed by atoms with Crippen LogP contribution in [0.1, 0.15) is 43.6 Å². The van der Waals surface area contributed by atoms with Crippen LogP contribution in [-0.4, -0.2) is 34.9 Å². The van der Waals surface area contributed by atoms with Gasteiger partial charge >= 0.3 is 0 Å². The van der Waals surface area contributed by atoms with Crippen molar-refractivity contribution < 1.29 is 5.11 Å². The predicted octanol–water partition coefficient (Wildman–Crippen LogP) is 5.24. The van der Waals surface area contributed by atoms with Gasteiger partial charge in [0.05, 0.1) is 12.2 Å². The van der Waals surface area contributed by atoms with E-state index in [9.17, 15) is 5.11 Å². The van der Waals surface area contributed by atoms with Gasteiger partial charge in [0.1, 0.15) is 6.23 Å². The lowest BCUT2D eigenvalue weighted by atomic mass is 9.82. The van der Waals surface area contributed by atoms with Crippen molar-refractivity contribution in [2.75, 3.05) is 14.1 Å². The number of benzene rings is 2. The van der Waals surface area contributed by atoms with Gasteiger partial charge in [-0.25, -0.2) is 0 Å². The summed E-state index contributed by atoms with van der Waals surface area (Å²) in [4.78, 5) is 1.88. The minimum atomic E-state index is -0.512. The molecule has 0 aliphatic heterocycles. The van der Waals surface area contributed by atoms with E-state index < -0.39 is 6.23 Å². The van der Waals surface area contributed by atoms with Crippen molar-refractivity contribution >= 4 is 10.9 Å². The third kappa shape index (κ3) is 3.54. The molecule has 1 unspecified atom stereocenters. The standard InChI is InChI=1S/C24H30N2O/c1-25(2)22(27)17-26-21-16-10-9-15-20(21)23(18-11-5-3-6-12-18)24(26)19-13-7-4-8-14-19/h4,7-10,13-16,18,22,27H,3,5-6,11-12,17H2,1-2H3. The Bertz CT molecular complexity index is 891. The van der Waals surface area contributed by atoms with Crippen molar-refractivity contribution in [1.29, 1.82) is 0 Å². The van der Waals surface area contributed by atoms with Gasteiger partial charge in [-0.05, 0) is 50.0 Å². The van der Waals surface area contributed by atoms with Crippen LogP contribution >= 0.6 is 0 Å². The van der Waals surface area contributed by atoms with E-state index in [0.717, 1.165) is 0 Å². The maximum atomic E-state index is 10.6. The molecule has 142 valence electrons. The molecule has 0 saturated heterocycles. The third-order valence-electron chi connectivity index (χ3n) is 6.01. The van der Waals surface area contributed by atoms with Gasteiger partial charge < -0.3 is 9.67 Å². The maximum absolute atomic E-state index is 10.6. The quantitative estimate of drug-likeness (QED) is 0.629. The zero-order valence-electron chi connectivity index (χ0n) is 16.4. The largest absolute Gasteiger partial charge is 0.376 e. The molecule has 2 aromatic carbocycles. The van der Waals surface area contributed by atoms with Crippen LogP contribution in [0.4, 0.5) is 0 Å². The first-order valence-corrected chi connectivity index (χ1v) is 10.2. The van der Waals surface area contributed by atoms with Crippen LogP contribution in [0.25, 0.3) is 22.2 Å². The molecule has 0 bridgehead atoms. The van der Waals surface area contributed by atoms with Gasteiger partial charge in [0.15, 0.2) is 0 Å². The first kappa shape index (κ1) is 18.3. The molecule has 0 spiro atoms. The van der Waals surface area contributed by atoms with Crippen LogP contribution < -0.4 is 0 Å².